The summed E-state index contributed by atoms with van der Waals surface area (Å²) in [5, 5.41) is 8.55. The zero-order chi connectivity index (χ0) is 13.2. The van der Waals surface area contributed by atoms with Crippen molar-refractivity contribution >= 4 is 11.7 Å². The monoisotopic (exact) mass is 251 g/mol. The Labute approximate surface area is 94.3 Å². The Kier molecular flexibility index (Phi) is 3.59. The van der Waals surface area contributed by atoms with Crippen molar-refractivity contribution in [1.82, 2.24) is 0 Å². The standard InChI is InChI=1S/C10H9F4NO2/c1-15(5-10(12,13)14)6-2-3-7(9(16)17)8(11)4-6/h2-4H,5H2,1H3,(H,16,17). The van der Waals surface area contributed by atoms with Gasteiger partial charge in [0, 0.05) is 12.7 Å². The molecule has 94 valence electrons. The molecule has 0 aliphatic rings. The second-order valence-electron chi connectivity index (χ2n) is 3.44. The Morgan fingerprint density at radius 2 is 2.00 bits per heavy atom. The van der Waals surface area contributed by atoms with Crippen molar-refractivity contribution in [3.05, 3.63) is 29.6 Å². The first-order valence-electron chi connectivity index (χ1n) is 4.51. The summed E-state index contributed by atoms with van der Waals surface area (Å²) < 4.78 is 49.4. The van der Waals surface area contributed by atoms with Crippen molar-refractivity contribution in [2.24, 2.45) is 0 Å². The summed E-state index contributed by atoms with van der Waals surface area (Å²) >= 11 is 0. The highest BCUT2D eigenvalue weighted by molar-refractivity contribution is 5.88. The molecule has 3 nitrogen and oxygen atoms in total. The summed E-state index contributed by atoms with van der Waals surface area (Å²) in [6.45, 7) is -1.24. The number of aromatic carboxylic acids is 1. The molecule has 17 heavy (non-hydrogen) atoms. The lowest BCUT2D eigenvalue weighted by Gasteiger charge is -2.21. The van der Waals surface area contributed by atoms with Gasteiger partial charge in [0.1, 0.15) is 12.4 Å². The highest BCUT2D eigenvalue weighted by Crippen LogP contribution is 2.22. The molecular weight excluding hydrogens is 242 g/mol. The van der Waals surface area contributed by atoms with Crippen LogP contribution >= 0.6 is 0 Å². The van der Waals surface area contributed by atoms with Gasteiger partial charge >= 0.3 is 12.1 Å². The lowest BCUT2D eigenvalue weighted by molar-refractivity contribution is -0.119. The number of anilines is 1. The van der Waals surface area contributed by atoms with Gasteiger partial charge in [0.25, 0.3) is 0 Å². The number of rotatable bonds is 3. The van der Waals surface area contributed by atoms with Gasteiger partial charge in [-0.15, -0.1) is 0 Å². The van der Waals surface area contributed by atoms with E-state index in [1.807, 2.05) is 0 Å². The minimum absolute atomic E-state index is 0.0372. The first-order chi connectivity index (χ1) is 7.70. The number of carboxylic acids is 1. The van der Waals surface area contributed by atoms with E-state index in [4.69, 9.17) is 5.11 Å². The second kappa shape index (κ2) is 4.60. The topological polar surface area (TPSA) is 40.5 Å². The van der Waals surface area contributed by atoms with Crippen LogP contribution in [0.2, 0.25) is 0 Å². The van der Waals surface area contributed by atoms with E-state index in [1.54, 1.807) is 0 Å². The predicted molar refractivity (Wildman–Crippen MR) is 52.7 cm³/mol. The first-order valence-corrected chi connectivity index (χ1v) is 4.51. The fourth-order valence-electron chi connectivity index (χ4n) is 1.28. The number of carbonyl (C=O) groups is 1. The molecule has 0 aromatic heterocycles. The van der Waals surface area contributed by atoms with Gasteiger partial charge in [-0.25, -0.2) is 9.18 Å². The molecule has 1 N–H and O–H groups in total. The Morgan fingerprint density at radius 1 is 1.41 bits per heavy atom. The van der Waals surface area contributed by atoms with E-state index in [1.165, 1.54) is 0 Å². The van der Waals surface area contributed by atoms with E-state index >= 15 is 0 Å². The number of hydrogen-bond donors (Lipinski definition) is 1. The maximum Gasteiger partial charge on any atom is 0.405 e. The zero-order valence-corrected chi connectivity index (χ0v) is 8.75. The summed E-state index contributed by atoms with van der Waals surface area (Å²) in [5.74, 6) is -2.53. The third kappa shape index (κ3) is 3.61. The lowest BCUT2D eigenvalue weighted by Crippen LogP contribution is -2.30. The van der Waals surface area contributed by atoms with Gasteiger partial charge in [-0.2, -0.15) is 13.2 Å². The first kappa shape index (κ1) is 13.3. The predicted octanol–water partition coefficient (Wildman–Crippen LogP) is 2.52. The number of halogens is 4. The van der Waals surface area contributed by atoms with E-state index in [0.717, 1.165) is 30.1 Å². The van der Waals surface area contributed by atoms with Crippen LogP contribution in [0, 0.1) is 5.82 Å². The Balaban J connectivity index is 2.94. The average Bonchev–Trinajstić information content (AvgIpc) is 2.14. The number of carboxylic acid groups (broad SMARTS) is 1. The van der Waals surface area contributed by atoms with E-state index in [0.29, 0.717) is 0 Å². The maximum atomic E-state index is 13.2. The van der Waals surface area contributed by atoms with E-state index in [9.17, 15) is 22.4 Å². The number of nitrogens with zero attached hydrogens (tertiary/aromatic N) is 1. The van der Waals surface area contributed by atoms with E-state index in [2.05, 4.69) is 0 Å². The molecule has 0 atom stereocenters. The van der Waals surface area contributed by atoms with Gasteiger partial charge in [0.15, 0.2) is 0 Å². The van der Waals surface area contributed by atoms with Gasteiger partial charge in [0.2, 0.25) is 0 Å². The highest BCUT2D eigenvalue weighted by Gasteiger charge is 2.29. The molecule has 0 fully saturated rings. The number of benzene rings is 1. The highest BCUT2D eigenvalue weighted by atomic mass is 19.4. The van der Waals surface area contributed by atoms with Gasteiger partial charge in [-0.05, 0) is 18.2 Å². The van der Waals surface area contributed by atoms with Gasteiger partial charge in [0.05, 0.1) is 5.56 Å². The Morgan fingerprint density at radius 3 is 2.41 bits per heavy atom. The molecule has 0 aliphatic carbocycles. The molecule has 0 saturated heterocycles. The smallest absolute Gasteiger partial charge is 0.405 e. The molecule has 7 heteroatoms. The summed E-state index contributed by atoms with van der Waals surface area (Å²) in [6.07, 6.45) is -4.41. The summed E-state index contributed by atoms with van der Waals surface area (Å²) in [7, 11) is 1.14. The summed E-state index contributed by atoms with van der Waals surface area (Å²) in [6, 6.07) is 2.81. The van der Waals surface area contributed by atoms with Crippen molar-refractivity contribution in [1.29, 1.82) is 0 Å². The number of alkyl halides is 3. The van der Waals surface area contributed by atoms with Crippen molar-refractivity contribution in [2.75, 3.05) is 18.5 Å². The molecule has 0 heterocycles. The molecule has 0 aliphatic heterocycles. The average molecular weight is 251 g/mol. The molecule has 1 rings (SSSR count). The minimum Gasteiger partial charge on any atom is -0.478 e. The molecule has 0 unspecified atom stereocenters. The summed E-state index contributed by atoms with van der Waals surface area (Å²) in [5.41, 5.74) is -0.612. The second-order valence-corrected chi connectivity index (χ2v) is 3.44. The molecule has 1 aromatic carbocycles. The van der Waals surface area contributed by atoms with Crippen LogP contribution in [-0.4, -0.2) is 30.8 Å². The van der Waals surface area contributed by atoms with Crippen LogP contribution in [0.5, 0.6) is 0 Å². The quantitative estimate of drug-likeness (QED) is 0.839. The van der Waals surface area contributed by atoms with Crippen molar-refractivity contribution in [2.45, 2.75) is 6.18 Å². The van der Waals surface area contributed by atoms with E-state index in [-0.39, 0.29) is 5.69 Å². The third-order valence-electron chi connectivity index (χ3n) is 2.04. The molecule has 1 aromatic rings. The lowest BCUT2D eigenvalue weighted by atomic mass is 10.2. The molecule has 0 spiro atoms. The van der Waals surface area contributed by atoms with Gasteiger partial charge in [-0.3, -0.25) is 0 Å². The maximum absolute atomic E-state index is 13.2. The van der Waals surface area contributed by atoms with Crippen LogP contribution in [0.3, 0.4) is 0 Å². The van der Waals surface area contributed by atoms with Crippen LogP contribution in [0.25, 0.3) is 0 Å². The van der Waals surface area contributed by atoms with Crippen LogP contribution in [-0.2, 0) is 0 Å². The van der Waals surface area contributed by atoms with Crippen molar-refractivity contribution in [3.63, 3.8) is 0 Å². The molecule has 0 amide bonds. The van der Waals surface area contributed by atoms with Crippen LogP contribution in [0.1, 0.15) is 10.4 Å². The third-order valence-corrected chi connectivity index (χ3v) is 2.04. The van der Waals surface area contributed by atoms with Crippen LogP contribution in [0.15, 0.2) is 18.2 Å². The van der Waals surface area contributed by atoms with E-state index < -0.39 is 30.1 Å². The molecular formula is C10H9F4NO2. The van der Waals surface area contributed by atoms with Crippen LogP contribution in [0.4, 0.5) is 23.2 Å². The molecule has 0 radical (unpaired) electrons. The fourth-order valence-corrected chi connectivity index (χ4v) is 1.28. The van der Waals surface area contributed by atoms with Crippen molar-refractivity contribution in [3.8, 4) is 0 Å². The molecule has 0 bridgehead atoms. The van der Waals surface area contributed by atoms with Gasteiger partial charge < -0.3 is 10.0 Å². The molecule has 0 saturated carbocycles. The Hall–Kier alpha value is -1.79. The minimum atomic E-state index is -4.41. The normalized spacial score (nSPS) is 11.4. The number of hydrogen-bond acceptors (Lipinski definition) is 2. The Bertz CT molecular complexity index is 431. The zero-order valence-electron chi connectivity index (χ0n) is 8.75. The largest absolute Gasteiger partial charge is 0.478 e. The van der Waals surface area contributed by atoms with Crippen molar-refractivity contribution < 1.29 is 27.5 Å². The fraction of sp³-hybridized carbons (Fsp3) is 0.300. The van der Waals surface area contributed by atoms with Gasteiger partial charge in [-0.1, -0.05) is 0 Å². The SMILES string of the molecule is CN(CC(F)(F)F)c1ccc(C(=O)O)c(F)c1. The van der Waals surface area contributed by atoms with Crippen LogP contribution < -0.4 is 4.90 Å². The summed E-state index contributed by atoms with van der Waals surface area (Å²) in [4.78, 5) is 11.3.